The van der Waals surface area contributed by atoms with Crippen molar-refractivity contribution in [3.8, 4) is 11.8 Å². The number of methoxy groups -OCH3 is 1. The van der Waals surface area contributed by atoms with Gasteiger partial charge in [0, 0.05) is 19.6 Å². The number of anilines is 1. The number of pyridine rings is 1. The topological polar surface area (TPSA) is 69.5 Å². The first-order chi connectivity index (χ1) is 11.7. The van der Waals surface area contributed by atoms with Crippen LogP contribution in [-0.2, 0) is 11.3 Å². The lowest BCUT2D eigenvalue weighted by Gasteiger charge is -2.35. The summed E-state index contributed by atoms with van der Waals surface area (Å²) in [6.45, 7) is 2.15. The fraction of sp³-hybridized carbons (Fsp3) is 0.278. The first kappa shape index (κ1) is 15.8. The monoisotopic (exact) mass is 322 g/mol. The van der Waals surface area contributed by atoms with Crippen LogP contribution < -0.4 is 9.64 Å². The number of nitriles is 1. The Morgan fingerprint density at radius 3 is 2.83 bits per heavy atom. The minimum absolute atomic E-state index is 0.0493. The van der Waals surface area contributed by atoms with Crippen molar-refractivity contribution in [3.05, 3.63) is 53.7 Å². The van der Waals surface area contributed by atoms with E-state index in [0.717, 1.165) is 11.3 Å². The molecular formula is C18H18N4O2. The van der Waals surface area contributed by atoms with Crippen LogP contribution in [-0.4, -0.2) is 42.5 Å². The molecule has 0 spiro atoms. The summed E-state index contributed by atoms with van der Waals surface area (Å²) in [6.07, 6.45) is 0. The van der Waals surface area contributed by atoms with Gasteiger partial charge in [-0.1, -0.05) is 18.2 Å². The number of piperazine rings is 1. The van der Waals surface area contributed by atoms with Crippen molar-refractivity contribution in [1.82, 2.24) is 9.88 Å². The van der Waals surface area contributed by atoms with Gasteiger partial charge in [-0.05, 0) is 29.8 Å². The third kappa shape index (κ3) is 3.46. The van der Waals surface area contributed by atoms with Gasteiger partial charge >= 0.3 is 0 Å². The number of rotatable bonds is 4. The summed E-state index contributed by atoms with van der Waals surface area (Å²) < 4.78 is 5.22. The summed E-state index contributed by atoms with van der Waals surface area (Å²) in [5, 5.41) is 8.94. The molecule has 0 saturated carbocycles. The van der Waals surface area contributed by atoms with E-state index in [1.54, 1.807) is 19.2 Å². The van der Waals surface area contributed by atoms with Crippen molar-refractivity contribution < 1.29 is 9.53 Å². The lowest BCUT2D eigenvalue weighted by atomic mass is 10.2. The van der Waals surface area contributed by atoms with Gasteiger partial charge in [0.15, 0.2) is 0 Å². The van der Waals surface area contributed by atoms with Crippen molar-refractivity contribution in [2.24, 2.45) is 0 Å². The van der Waals surface area contributed by atoms with Gasteiger partial charge in [0.05, 0.1) is 13.7 Å². The molecular weight excluding hydrogens is 304 g/mol. The van der Waals surface area contributed by atoms with Crippen LogP contribution in [0, 0.1) is 11.3 Å². The molecule has 0 bridgehead atoms. The number of amides is 1. The Morgan fingerprint density at radius 1 is 1.25 bits per heavy atom. The van der Waals surface area contributed by atoms with E-state index in [-0.39, 0.29) is 12.5 Å². The standard InChI is InChI=1S/C18H18N4O2/c1-24-16-6-2-4-14(10-16)12-22-9-8-21(13-18(22)23)17-7-3-5-15(11-19)20-17/h2-7,10H,8-9,12-13H2,1H3. The quantitative estimate of drug-likeness (QED) is 0.858. The minimum Gasteiger partial charge on any atom is -0.497 e. The van der Waals surface area contributed by atoms with Crippen LogP contribution in [0.1, 0.15) is 11.3 Å². The highest BCUT2D eigenvalue weighted by Gasteiger charge is 2.25. The highest BCUT2D eigenvalue weighted by Crippen LogP contribution is 2.18. The largest absolute Gasteiger partial charge is 0.497 e. The Morgan fingerprint density at radius 2 is 2.08 bits per heavy atom. The summed E-state index contributed by atoms with van der Waals surface area (Å²) in [5.74, 6) is 1.51. The molecule has 6 nitrogen and oxygen atoms in total. The van der Waals surface area contributed by atoms with Gasteiger partial charge in [-0.2, -0.15) is 5.26 Å². The molecule has 1 saturated heterocycles. The number of hydrogen-bond acceptors (Lipinski definition) is 5. The summed E-state index contributed by atoms with van der Waals surface area (Å²) >= 11 is 0. The van der Waals surface area contributed by atoms with Crippen LogP contribution in [0.15, 0.2) is 42.5 Å². The normalized spacial score (nSPS) is 14.4. The lowest BCUT2D eigenvalue weighted by Crippen LogP contribution is -2.50. The van der Waals surface area contributed by atoms with Crippen molar-refractivity contribution in [1.29, 1.82) is 5.26 Å². The van der Waals surface area contributed by atoms with Crippen LogP contribution >= 0.6 is 0 Å². The van der Waals surface area contributed by atoms with Crippen molar-refractivity contribution in [2.75, 3.05) is 31.6 Å². The molecule has 6 heteroatoms. The summed E-state index contributed by atoms with van der Waals surface area (Å²) in [6, 6.07) is 15.0. The van der Waals surface area contributed by atoms with E-state index in [0.29, 0.717) is 31.1 Å². The molecule has 2 heterocycles. The SMILES string of the molecule is COc1cccc(CN2CCN(c3cccc(C#N)n3)CC2=O)c1. The molecule has 1 aromatic heterocycles. The van der Waals surface area contributed by atoms with E-state index in [4.69, 9.17) is 10.00 Å². The molecule has 1 amide bonds. The Bertz CT molecular complexity index is 785. The Labute approximate surface area is 140 Å². The van der Waals surface area contributed by atoms with Crippen molar-refractivity contribution >= 4 is 11.7 Å². The number of ether oxygens (including phenoxy) is 1. The number of nitrogens with zero attached hydrogens (tertiary/aromatic N) is 4. The average molecular weight is 322 g/mol. The fourth-order valence-corrected chi connectivity index (χ4v) is 2.72. The second kappa shape index (κ2) is 7.01. The molecule has 0 unspecified atom stereocenters. The molecule has 3 rings (SSSR count). The molecule has 24 heavy (non-hydrogen) atoms. The van der Waals surface area contributed by atoms with E-state index in [2.05, 4.69) is 4.98 Å². The van der Waals surface area contributed by atoms with Gasteiger partial charge in [0.2, 0.25) is 5.91 Å². The highest BCUT2D eigenvalue weighted by atomic mass is 16.5. The molecule has 1 aliphatic rings. The van der Waals surface area contributed by atoms with Gasteiger partial charge in [-0.15, -0.1) is 0 Å². The predicted molar refractivity (Wildman–Crippen MR) is 89.6 cm³/mol. The van der Waals surface area contributed by atoms with Gasteiger partial charge in [0.1, 0.15) is 23.3 Å². The van der Waals surface area contributed by atoms with Crippen LogP contribution in [0.3, 0.4) is 0 Å². The second-order valence-corrected chi connectivity index (χ2v) is 5.58. The molecule has 1 aromatic carbocycles. The van der Waals surface area contributed by atoms with Gasteiger partial charge in [-0.3, -0.25) is 4.79 Å². The molecule has 2 aromatic rings. The number of aromatic nitrogens is 1. The van der Waals surface area contributed by atoms with Gasteiger partial charge in [0.25, 0.3) is 0 Å². The first-order valence-electron chi connectivity index (χ1n) is 7.72. The molecule has 0 atom stereocenters. The van der Waals surface area contributed by atoms with Crippen LogP contribution in [0.2, 0.25) is 0 Å². The summed E-state index contributed by atoms with van der Waals surface area (Å²) in [4.78, 5) is 20.5. The van der Waals surface area contributed by atoms with Crippen LogP contribution in [0.25, 0.3) is 0 Å². The highest BCUT2D eigenvalue weighted by molar-refractivity contribution is 5.82. The van der Waals surface area contributed by atoms with Crippen molar-refractivity contribution in [3.63, 3.8) is 0 Å². The third-order valence-corrected chi connectivity index (χ3v) is 4.00. The number of carbonyl (C=O) groups excluding carboxylic acids is 1. The molecule has 0 radical (unpaired) electrons. The maximum Gasteiger partial charge on any atom is 0.242 e. The molecule has 0 N–H and O–H groups in total. The Kier molecular flexibility index (Phi) is 4.62. The lowest BCUT2D eigenvalue weighted by molar-refractivity contribution is -0.131. The zero-order valence-electron chi connectivity index (χ0n) is 13.5. The summed E-state index contributed by atoms with van der Waals surface area (Å²) in [7, 11) is 1.63. The van der Waals surface area contributed by atoms with E-state index in [1.165, 1.54) is 0 Å². The Hall–Kier alpha value is -3.07. The van der Waals surface area contributed by atoms with E-state index in [1.807, 2.05) is 46.2 Å². The second-order valence-electron chi connectivity index (χ2n) is 5.58. The smallest absolute Gasteiger partial charge is 0.242 e. The van der Waals surface area contributed by atoms with Gasteiger partial charge < -0.3 is 14.5 Å². The van der Waals surface area contributed by atoms with Crippen molar-refractivity contribution in [2.45, 2.75) is 6.54 Å². The van der Waals surface area contributed by atoms with Crippen LogP contribution in [0.4, 0.5) is 5.82 Å². The van der Waals surface area contributed by atoms with Gasteiger partial charge in [-0.25, -0.2) is 4.98 Å². The number of hydrogen-bond donors (Lipinski definition) is 0. The fourth-order valence-electron chi connectivity index (χ4n) is 2.72. The van der Waals surface area contributed by atoms with E-state index < -0.39 is 0 Å². The number of benzene rings is 1. The average Bonchev–Trinajstić information content (AvgIpc) is 2.63. The zero-order valence-corrected chi connectivity index (χ0v) is 13.5. The molecule has 1 aliphatic heterocycles. The molecule has 0 aliphatic carbocycles. The van der Waals surface area contributed by atoms with Crippen LogP contribution in [0.5, 0.6) is 5.75 Å². The Balaban J connectivity index is 1.67. The van der Waals surface area contributed by atoms with E-state index in [9.17, 15) is 4.79 Å². The third-order valence-electron chi connectivity index (χ3n) is 4.00. The number of carbonyl (C=O) groups is 1. The first-order valence-corrected chi connectivity index (χ1v) is 7.72. The maximum atomic E-state index is 12.5. The minimum atomic E-state index is 0.0493. The molecule has 1 fully saturated rings. The molecule has 122 valence electrons. The maximum absolute atomic E-state index is 12.5. The summed E-state index contributed by atoms with van der Waals surface area (Å²) in [5.41, 5.74) is 1.40. The van der Waals surface area contributed by atoms with E-state index >= 15 is 0 Å². The predicted octanol–water partition coefficient (Wildman–Crippen LogP) is 1.81. The zero-order chi connectivity index (χ0) is 16.9.